The molecule has 0 radical (unpaired) electrons. The molecule has 1 saturated heterocycles. The Kier molecular flexibility index (Phi) is 17.8. The Morgan fingerprint density at radius 3 is 2.16 bits per heavy atom. The summed E-state index contributed by atoms with van der Waals surface area (Å²) < 4.78 is 45.9. The van der Waals surface area contributed by atoms with Crippen molar-refractivity contribution >= 4 is 68.1 Å². The first-order chi connectivity index (χ1) is 32.7. The Hall–Kier alpha value is -7.13. The van der Waals surface area contributed by atoms with Gasteiger partial charge in [-0.2, -0.15) is 8.42 Å². The number of aromatic nitrogens is 4. The van der Waals surface area contributed by atoms with Gasteiger partial charge >= 0.3 is 10.3 Å². The maximum atomic E-state index is 13.0. The first-order valence-electron chi connectivity index (χ1n) is 21.6. The number of benzene rings is 3. The normalized spacial score (nSPS) is 17.2. The summed E-state index contributed by atoms with van der Waals surface area (Å²) >= 11 is 0. The molecular formula is C46H52N10O11S. The number of unbranched alkanes of at least 4 members (excludes halogenated alkanes) is 2. The topological polar surface area (TPSA) is 311 Å². The number of nitrogens with one attached hydrogen (secondary N) is 4. The lowest BCUT2D eigenvalue weighted by Crippen LogP contribution is -2.46. The zero-order valence-electron chi connectivity index (χ0n) is 36.8. The van der Waals surface area contributed by atoms with Crippen molar-refractivity contribution in [2.45, 2.75) is 81.9 Å². The number of fused-ring (bicyclic) bond motifs is 1. The lowest BCUT2D eigenvalue weighted by Gasteiger charge is -2.22. The number of anilines is 3. The molecule has 68 heavy (non-hydrogen) atoms. The lowest BCUT2D eigenvalue weighted by atomic mass is 10.0. The molecule has 0 saturated carbocycles. The fourth-order valence-corrected chi connectivity index (χ4v) is 7.80. The Labute approximate surface area is 392 Å². The van der Waals surface area contributed by atoms with Crippen molar-refractivity contribution in [3.8, 4) is 12.3 Å². The summed E-state index contributed by atoms with van der Waals surface area (Å²) in [6.45, 7) is -0.366. The third-order valence-corrected chi connectivity index (χ3v) is 11.5. The number of aliphatic hydroxyl groups excluding tert-OH is 1. The van der Waals surface area contributed by atoms with Gasteiger partial charge in [0.1, 0.15) is 30.2 Å². The maximum Gasteiger partial charge on any atom is 0.362 e. The number of terminal acetylenes is 1. The minimum Gasteiger partial charge on any atom is -0.387 e. The summed E-state index contributed by atoms with van der Waals surface area (Å²) in [7, 11) is -4.68. The van der Waals surface area contributed by atoms with Crippen molar-refractivity contribution in [2.24, 2.45) is 5.73 Å². The van der Waals surface area contributed by atoms with E-state index in [1.54, 1.807) is 83.6 Å². The van der Waals surface area contributed by atoms with Gasteiger partial charge in [-0.25, -0.2) is 19.7 Å². The van der Waals surface area contributed by atoms with Crippen molar-refractivity contribution in [1.29, 1.82) is 0 Å². The second kappa shape index (κ2) is 24.1. The number of carbonyl (C=O) groups is 5. The van der Waals surface area contributed by atoms with Crippen molar-refractivity contribution < 1.29 is 51.2 Å². The summed E-state index contributed by atoms with van der Waals surface area (Å²) in [6, 6.07) is 20.5. The van der Waals surface area contributed by atoms with Gasteiger partial charge in [-0.3, -0.25) is 32.7 Å². The van der Waals surface area contributed by atoms with Crippen molar-refractivity contribution in [2.75, 3.05) is 36.1 Å². The number of ether oxygens (including phenoxy) is 2. The van der Waals surface area contributed by atoms with Gasteiger partial charge in [-0.1, -0.05) is 30.3 Å². The second-order valence-corrected chi connectivity index (χ2v) is 17.0. The first kappa shape index (κ1) is 50.3. The van der Waals surface area contributed by atoms with Gasteiger partial charge in [0.2, 0.25) is 17.7 Å². The number of imidazole rings is 1. The number of hydrogen-bond acceptors (Lipinski definition) is 16. The Bertz CT molecular complexity index is 2700. The summed E-state index contributed by atoms with van der Waals surface area (Å²) in [5.41, 5.74) is 15.0. The summed E-state index contributed by atoms with van der Waals surface area (Å²) in [4.78, 5) is 75.3. The number of ketones is 1. The molecule has 3 heterocycles. The van der Waals surface area contributed by atoms with Crippen LogP contribution in [-0.2, 0) is 49.6 Å². The highest BCUT2D eigenvalue weighted by atomic mass is 32.2. The number of rotatable bonds is 24. The van der Waals surface area contributed by atoms with Crippen LogP contribution in [0.1, 0.15) is 72.7 Å². The van der Waals surface area contributed by atoms with E-state index in [0.29, 0.717) is 54.6 Å². The number of nitrogens with zero attached hydrogens (tertiary/aromatic N) is 4. The molecular weight excluding hydrogens is 901 g/mol. The van der Waals surface area contributed by atoms with Crippen molar-refractivity contribution in [3.63, 3.8) is 0 Å². The Morgan fingerprint density at radius 2 is 1.50 bits per heavy atom. The van der Waals surface area contributed by atoms with E-state index >= 15 is 0 Å². The molecule has 1 fully saturated rings. The lowest BCUT2D eigenvalue weighted by molar-refractivity contribution is -0.124. The fraction of sp³-hybridized carbons (Fsp3) is 0.348. The summed E-state index contributed by atoms with van der Waals surface area (Å²) in [6.07, 6.45) is 5.12. The van der Waals surface area contributed by atoms with Crippen LogP contribution in [0.3, 0.4) is 0 Å². The van der Waals surface area contributed by atoms with Crippen LogP contribution in [-0.4, -0.2) is 107 Å². The van der Waals surface area contributed by atoms with Gasteiger partial charge < -0.3 is 42.0 Å². The molecule has 2 aromatic heterocycles. The van der Waals surface area contributed by atoms with Gasteiger partial charge in [-0.05, 0) is 79.8 Å². The van der Waals surface area contributed by atoms with E-state index in [2.05, 4.69) is 36.8 Å². The van der Waals surface area contributed by atoms with Crippen molar-refractivity contribution in [3.05, 3.63) is 108 Å². The highest BCUT2D eigenvalue weighted by Gasteiger charge is 2.47. The van der Waals surface area contributed by atoms with Crippen LogP contribution in [0.25, 0.3) is 11.2 Å². The van der Waals surface area contributed by atoms with Gasteiger partial charge in [0, 0.05) is 61.3 Å². The average molecular weight is 953 g/mol. The quantitative estimate of drug-likeness (QED) is 0.0265. The molecule has 5 aromatic rings. The molecule has 4 amide bonds. The molecule has 21 nitrogen and oxygen atoms in total. The molecule has 0 aliphatic carbocycles. The number of nitrogens with two attached hydrogens (primary N) is 2. The van der Waals surface area contributed by atoms with Crippen LogP contribution < -0.4 is 32.1 Å². The molecule has 9 N–H and O–H groups in total. The van der Waals surface area contributed by atoms with Gasteiger partial charge in [0.05, 0.1) is 19.0 Å². The van der Waals surface area contributed by atoms with E-state index in [0.717, 1.165) is 5.56 Å². The summed E-state index contributed by atoms with van der Waals surface area (Å²) in [5.74, 6) is 0.445. The van der Waals surface area contributed by atoms with Crippen LogP contribution in [0.4, 0.5) is 17.2 Å². The molecule has 22 heteroatoms. The number of amides is 4. The van der Waals surface area contributed by atoms with Gasteiger partial charge in [0.25, 0.3) is 5.91 Å². The highest BCUT2D eigenvalue weighted by molar-refractivity contribution is 7.85. The zero-order valence-corrected chi connectivity index (χ0v) is 37.6. The van der Waals surface area contributed by atoms with E-state index in [1.807, 2.05) is 0 Å². The molecule has 1 aliphatic rings. The van der Waals surface area contributed by atoms with Crippen LogP contribution in [0.15, 0.2) is 91.5 Å². The van der Waals surface area contributed by atoms with E-state index in [4.69, 9.17) is 31.5 Å². The predicted molar refractivity (Wildman–Crippen MR) is 248 cm³/mol. The molecule has 6 rings (SSSR count). The third kappa shape index (κ3) is 14.2. The van der Waals surface area contributed by atoms with E-state index in [9.17, 15) is 37.5 Å². The van der Waals surface area contributed by atoms with Crippen LogP contribution in [0.5, 0.6) is 0 Å². The first-order valence-corrected chi connectivity index (χ1v) is 23.1. The standard InChI is InChI=1S/C46H52N10O11S/c1-2-3-5-12-37(58)53-32-17-13-30(14-18-32)40(60)31-15-19-33(20-16-31)54-38(59)22-21-36(57)49-23-8-9-24-65-42-41(61)35(67-46(42)56-28-52-39-43(48)50-27-51-44(39)56)26-66-68(63,64)55-45(62)34(47)25-29-10-6-4-7-11-29/h1,4,6-7,10-11,13-20,27-28,34-35,41-42,46,61H,3,5,8-9,12,21-26,47H2,(H,49,57)(H,53,58)(H,54,59)(H,55,62)(H2,48,50,51)/t34-,35+,41+,42+,46+/m0/s1. The predicted octanol–water partition coefficient (Wildman–Crippen LogP) is 2.29. The molecule has 1 aliphatic heterocycles. The minimum atomic E-state index is -4.68. The summed E-state index contributed by atoms with van der Waals surface area (Å²) in [5, 5.41) is 19.6. The molecule has 358 valence electrons. The van der Waals surface area contributed by atoms with Crippen LogP contribution in [0, 0.1) is 12.3 Å². The average Bonchev–Trinajstić information content (AvgIpc) is 3.90. The third-order valence-electron chi connectivity index (χ3n) is 10.6. The van der Waals surface area contributed by atoms with E-state index in [-0.39, 0.29) is 67.0 Å². The Balaban J connectivity index is 0.919. The molecule has 5 atom stereocenters. The van der Waals surface area contributed by atoms with Crippen LogP contribution in [0.2, 0.25) is 0 Å². The number of hydrogen-bond donors (Lipinski definition) is 7. The van der Waals surface area contributed by atoms with E-state index < -0.39 is 59.3 Å². The Morgan fingerprint density at radius 1 is 0.853 bits per heavy atom. The van der Waals surface area contributed by atoms with E-state index in [1.165, 1.54) is 17.2 Å². The zero-order chi connectivity index (χ0) is 48.6. The van der Waals surface area contributed by atoms with Crippen LogP contribution >= 0.6 is 0 Å². The molecule has 0 unspecified atom stereocenters. The number of carbonyl (C=O) groups excluding carboxylic acids is 5. The fourth-order valence-electron chi connectivity index (χ4n) is 7.03. The SMILES string of the molecule is C#CCCCC(=O)Nc1ccc(C(=O)c2ccc(NC(=O)CCC(=O)NCCCCO[C@@H]3[C@H](O)[C@@H](COS(=O)(=O)NC(=O)[C@@H](N)Cc4ccccc4)O[C@H]3n3cnc4c(N)ncnc43)cc2)cc1. The molecule has 0 bridgehead atoms. The minimum absolute atomic E-state index is 0.0788. The smallest absolute Gasteiger partial charge is 0.362 e. The van der Waals surface area contributed by atoms with Crippen molar-refractivity contribution in [1.82, 2.24) is 29.6 Å². The monoisotopic (exact) mass is 952 g/mol. The number of aliphatic hydroxyl groups is 1. The molecule has 0 spiro atoms. The second-order valence-electron chi connectivity index (χ2n) is 15.7. The van der Waals surface area contributed by atoms with Gasteiger partial charge in [0.15, 0.2) is 23.5 Å². The number of nitrogen functional groups attached to an aromatic ring is 1. The van der Waals surface area contributed by atoms with Gasteiger partial charge in [-0.15, -0.1) is 12.3 Å². The largest absolute Gasteiger partial charge is 0.387 e. The highest BCUT2D eigenvalue weighted by Crippen LogP contribution is 2.34. The maximum absolute atomic E-state index is 13.0. The molecule has 3 aromatic carbocycles.